The third-order valence-corrected chi connectivity index (χ3v) is 12.5. The molecule has 0 radical (unpaired) electrons. The molecule has 0 aliphatic heterocycles. The molecule has 0 unspecified atom stereocenters. The van der Waals surface area contributed by atoms with Crippen LogP contribution in [0.4, 0.5) is 34.1 Å². The van der Waals surface area contributed by atoms with E-state index in [1.807, 2.05) is 143 Å². The van der Waals surface area contributed by atoms with Gasteiger partial charge in [0.2, 0.25) is 0 Å². The molecule has 12 nitrogen and oxygen atoms in total. The predicted octanol–water partition coefficient (Wildman–Crippen LogP) is 9.03. The molecule has 1 aliphatic rings. The van der Waals surface area contributed by atoms with Gasteiger partial charge in [-0.1, -0.05) is 36.4 Å². The molecule has 0 spiro atoms. The monoisotopic (exact) mass is 836 g/mol. The van der Waals surface area contributed by atoms with Crippen molar-refractivity contribution in [2.75, 3.05) is 36.3 Å². The first-order chi connectivity index (χ1) is 28.3. The predicted molar refractivity (Wildman–Crippen MR) is 230 cm³/mol. The lowest BCUT2D eigenvalue weighted by Crippen LogP contribution is -2.29. The van der Waals surface area contributed by atoms with Gasteiger partial charge in [-0.05, 0) is 143 Å². The van der Waals surface area contributed by atoms with Crippen molar-refractivity contribution in [3.8, 4) is 22.6 Å². The minimum atomic E-state index is -4.61. The van der Waals surface area contributed by atoms with Crippen molar-refractivity contribution in [1.82, 2.24) is 0 Å². The molecule has 6 aromatic carbocycles. The summed E-state index contributed by atoms with van der Waals surface area (Å²) in [6, 6.07) is 41.6. The summed E-state index contributed by atoms with van der Waals surface area (Å²) in [7, 11) is -6.04. The Labute approximate surface area is 342 Å². The minimum Gasteiger partial charge on any atom is -0.497 e. The van der Waals surface area contributed by atoms with Crippen LogP contribution in [0.5, 0.6) is 11.5 Å². The normalized spacial score (nSPS) is 13.1. The number of anilines is 6. The number of fused-ring (bicyclic) bond motifs is 3. The lowest BCUT2D eigenvalue weighted by Gasteiger charge is -2.35. The second-order valence-corrected chi connectivity index (χ2v) is 18.1. The average Bonchev–Trinajstić information content (AvgIpc) is 3.51. The molecule has 7 rings (SSSR count). The van der Waals surface area contributed by atoms with Gasteiger partial charge in [-0.2, -0.15) is 0 Å². The molecule has 0 saturated heterocycles. The summed E-state index contributed by atoms with van der Waals surface area (Å²) >= 11 is 0. The highest BCUT2D eigenvalue weighted by Gasteiger charge is 2.46. The highest BCUT2D eigenvalue weighted by atomic mass is 31.2. The quantitative estimate of drug-likeness (QED) is 0.0510. The Hall–Kier alpha value is -5.26. The highest BCUT2D eigenvalue weighted by molar-refractivity contribution is 7.52. The number of ether oxygens (including phenoxy) is 2. The van der Waals surface area contributed by atoms with Crippen LogP contribution in [0.25, 0.3) is 11.1 Å². The van der Waals surface area contributed by atoms with Crippen LogP contribution >= 0.6 is 15.2 Å². The molecule has 0 heterocycles. The van der Waals surface area contributed by atoms with E-state index in [-0.39, 0.29) is 26.1 Å². The van der Waals surface area contributed by atoms with Gasteiger partial charge in [-0.25, -0.2) is 0 Å². The van der Waals surface area contributed by atoms with Gasteiger partial charge in [-0.3, -0.25) is 9.13 Å². The molecular formula is C45H46N2O10P2. The number of benzene rings is 6. The van der Waals surface area contributed by atoms with Crippen molar-refractivity contribution < 1.29 is 48.4 Å². The maximum Gasteiger partial charge on any atom is 0.325 e. The molecule has 0 saturated carbocycles. The second kappa shape index (κ2) is 17.1. The summed E-state index contributed by atoms with van der Waals surface area (Å²) in [6.45, 7) is -0.277. The van der Waals surface area contributed by atoms with Crippen LogP contribution < -0.4 is 19.3 Å². The van der Waals surface area contributed by atoms with Crippen LogP contribution in [0.3, 0.4) is 0 Å². The van der Waals surface area contributed by atoms with Crippen LogP contribution in [-0.4, -0.2) is 56.3 Å². The summed E-state index contributed by atoms with van der Waals surface area (Å²) in [5, 5.41) is 19.6. The average molecular weight is 837 g/mol. The lowest BCUT2D eigenvalue weighted by molar-refractivity contribution is 0.281. The van der Waals surface area contributed by atoms with Crippen LogP contribution in [0, 0.1) is 0 Å². The van der Waals surface area contributed by atoms with E-state index in [2.05, 4.69) is 0 Å². The van der Waals surface area contributed by atoms with Crippen LogP contribution in [0.2, 0.25) is 0 Å². The third kappa shape index (κ3) is 9.01. The number of rotatable bonds is 16. The molecular weight excluding hydrogens is 790 g/mol. The van der Waals surface area contributed by atoms with Crippen molar-refractivity contribution in [3.05, 3.63) is 156 Å². The second-order valence-electron chi connectivity index (χ2n) is 14.5. The zero-order chi connectivity index (χ0) is 42.0. The van der Waals surface area contributed by atoms with E-state index in [9.17, 15) is 38.9 Å². The molecule has 6 N–H and O–H groups in total. The molecule has 0 bridgehead atoms. The van der Waals surface area contributed by atoms with E-state index in [4.69, 9.17) is 9.47 Å². The van der Waals surface area contributed by atoms with Gasteiger partial charge in [0, 0.05) is 39.5 Å². The van der Waals surface area contributed by atoms with E-state index in [0.717, 1.165) is 45.0 Å². The fourth-order valence-electron chi connectivity index (χ4n) is 7.94. The van der Waals surface area contributed by atoms with Gasteiger partial charge in [0.15, 0.2) is 0 Å². The largest absolute Gasteiger partial charge is 0.497 e. The number of hydrogen-bond acceptors (Lipinski definition) is 8. The molecule has 0 fully saturated rings. The Bertz CT molecular complexity index is 2230. The van der Waals surface area contributed by atoms with E-state index < -0.39 is 32.9 Å². The zero-order valence-electron chi connectivity index (χ0n) is 32.5. The molecule has 0 atom stereocenters. The van der Waals surface area contributed by atoms with Crippen molar-refractivity contribution in [2.24, 2.45) is 0 Å². The molecule has 0 amide bonds. The number of aliphatic hydroxyl groups is 2. The number of methoxy groups -OCH3 is 2. The van der Waals surface area contributed by atoms with E-state index in [1.54, 1.807) is 14.2 Å². The van der Waals surface area contributed by atoms with Gasteiger partial charge in [0.25, 0.3) is 0 Å². The van der Waals surface area contributed by atoms with E-state index >= 15 is 0 Å². The number of aliphatic hydroxyl groups excluding tert-OH is 2. The molecule has 14 heteroatoms. The first-order valence-corrected chi connectivity index (χ1v) is 22.5. The van der Waals surface area contributed by atoms with Crippen molar-refractivity contribution in [1.29, 1.82) is 0 Å². The van der Waals surface area contributed by atoms with Crippen molar-refractivity contribution >= 4 is 49.3 Å². The van der Waals surface area contributed by atoms with E-state index in [1.165, 1.54) is 0 Å². The topological polar surface area (TPSA) is 180 Å². The Morgan fingerprint density at radius 2 is 0.780 bits per heavy atom. The first kappa shape index (κ1) is 41.9. The Morgan fingerprint density at radius 1 is 0.475 bits per heavy atom. The maximum atomic E-state index is 12.7. The Balaban J connectivity index is 1.46. The summed E-state index contributed by atoms with van der Waals surface area (Å²) in [5.41, 5.74) is 7.57. The van der Waals surface area contributed by atoms with Crippen LogP contribution in [0.15, 0.2) is 133 Å². The van der Waals surface area contributed by atoms with Gasteiger partial charge < -0.3 is 49.1 Å². The summed E-state index contributed by atoms with van der Waals surface area (Å²) in [4.78, 5) is 45.4. The standard InChI is InChI=1S/C45H46N2O10P2/c1-56-39-17-11-35(12-18-39)47(36-13-19-40(57-2)20-14-36)38-16-22-42-41-21-15-37(46(33-7-3-31(29-48)4-8-33)34-9-5-32(30-49)6-10-34)27-43(41)45(44(42)28-38,23-25-58(50,51)52)24-26-59(53,54)55/h3-22,27-28,48-49H,23-26,29-30H2,1-2H3,(H2,50,51,52)(H2,53,54,55). The van der Waals surface area contributed by atoms with Gasteiger partial charge in [0.1, 0.15) is 11.5 Å². The van der Waals surface area contributed by atoms with Crippen LogP contribution in [-0.2, 0) is 27.8 Å². The Morgan fingerprint density at radius 3 is 1.07 bits per heavy atom. The molecule has 6 aromatic rings. The van der Waals surface area contributed by atoms with Gasteiger partial charge >= 0.3 is 15.2 Å². The Kier molecular flexibility index (Phi) is 12.2. The fraction of sp³-hybridized carbons (Fsp3) is 0.200. The minimum absolute atomic E-state index is 0.106. The molecule has 1 aliphatic carbocycles. The number of hydrogen-bond donors (Lipinski definition) is 6. The summed E-state index contributed by atoms with van der Waals surface area (Å²) in [5.74, 6) is 1.33. The van der Waals surface area contributed by atoms with Gasteiger partial charge in [0.05, 0.1) is 39.8 Å². The zero-order valence-corrected chi connectivity index (χ0v) is 34.3. The SMILES string of the molecule is COc1ccc(N(c2ccc(OC)cc2)c2ccc3c(c2)C(CCP(=O)(O)O)(CCP(=O)(O)O)c2cc(N(c4ccc(CO)cc4)c4ccc(CO)cc4)ccc2-3)cc1. The molecule has 306 valence electrons. The van der Waals surface area contributed by atoms with Crippen LogP contribution in [0.1, 0.15) is 35.1 Å². The summed E-state index contributed by atoms with van der Waals surface area (Å²) in [6.07, 6.45) is -1.27. The maximum absolute atomic E-state index is 12.7. The lowest BCUT2D eigenvalue weighted by atomic mass is 9.73. The van der Waals surface area contributed by atoms with E-state index in [0.29, 0.717) is 34.0 Å². The van der Waals surface area contributed by atoms with Crippen molar-refractivity contribution in [3.63, 3.8) is 0 Å². The molecule has 59 heavy (non-hydrogen) atoms. The number of nitrogens with zero attached hydrogens (tertiary/aromatic N) is 2. The first-order valence-electron chi connectivity index (χ1n) is 18.9. The third-order valence-electron chi connectivity index (χ3n) is 10.9. The highest BCUT2D eigenvalue weighted by Crippen LogP contribution is 2.58. The molecule has 0 aromatic heterocycles. The summed E-state index contributed by atoms with van der Waals surface area (Å²) < 4.78 is 36.3. The van der Waals surface area contributed by atoms with Gasteiger partial charge in [-0.15, -0.1) is 0 Å². The van der Waals surface area contributed by atoms with Crippen molar-refractivity contribution in [2.45, 2.75) is 31.5 Å². The smallest absolute Gasteiger partial charge is 0.325 e. The fourth-order valence-corrected chi connectivity index (χ4v) is 9.29.